The molecule has 2 aromatic heterocycles. The maximum atomic E-state index is 6.20. The first-order valence-electron chi connectivity index (χ1n) is 9.68. The first-order valence-corrected chi connectivity index (χ1v) is 9.68. The summed E-state index contributed by atoms with van der Waals surface area (Å²) in [7, 11) is 0. The van der Waals surface area contributed by atoms with E-state index in [0.717, 1.165) is 39.9 Å². The van der Waals surface area contributed by atoms with Crippen molar-refractivity contribution >= 4 is 17.2 Å². The van der Waals surface area contributed by atoms with Crippen molar-refractivity contribution in [2.24, 2.45) is 0 Å². The molecule has 1 aliphatic heterocycles. The van der Waals surface area contributed by atoms with E-state index in [9.17, 15) is 0 Å². The second-order valence-corrected chi connectivity index (χ2v) is 8.77. The largest absolute Gasteiger partial charge is 0.451 e. The van der Waals surface area contributed by atoms with E-state index in [-0.39, 0.29) is 5.41 Å². The minimum absolute atomic E-state index is 0.100. The van der Waals surface area contributed by atoms with E-state index in [1.807, 2.05) is 38.4 Å². The summed E-state index contributed by atoms with van der Waals surface area (Å²) in [6.45, 7) is 15.1. The van der Waals surface area contributed by atoms with Gasteiger partial charge in [0.25, 0.3) is 0 Å². The summed E-state index contributed by atoms with van der Waals surface area (Å²) < 4.78 is 6.20. The monoisotopic (exact) mass is 373 g/mol. The quantitative estimate of drug-likeness (QED) is 0.377. The Hall–Kier alpha value is -2.88. The van der Waals surface area contributed by atoms with E-state index in [1.165, 1.54) is 16.7 Å². The number of benzene rings is 1. The molecule has 3 heterocycles. The molecular formula is C24H27N3O. The predicted octanol–water partition coefficient (Wildman–Crippen LogP) is 6.58. The van der Waals surface area contributed by atoms with Crippen LogP contribution in [-0.4, -0.2) is 9.97 Å². The molecule has 0 fully saturated rings. The zero-order chi connectivity index (χ0) is 20.2. The number of nitrogens with zero attached hydrogens (tertiary/aromatic N) is 3. The smallest absolute Gasteiger partial charge is 0.181 e. The van der Waals surface area contributed by atoms with Crippen LogP contribution in [0.15, 0.2) is 36.7 Å². The molecule has 0 amide bonds. The van der Waals surface area contributed by atoms with Crippen LogP contribution < -0.4 is 9.64 Å². The minimum Gasteiger partial charge on any atom is -0.451 e. The third kappa shape index (κ3) is 3.03. The van der Waals surface area contributed by atoms with Gasteiger partial charge in [0.05, 0.1) is 11.9 Å². The lowest BCUT2D eigenvalue weighted by Gasteiger charge is -2.34. The second kappa shape index (κ2) is 6.33. The fourth-order valence-electron chi connectivity index (χ4n) is 3.76. The van der Waals surface area contributed by atoms with Crippen molar-refractivity contribution in [1.29, 1.82) is 0 Å². The van der Waals surface area contributed by atoms with Crippen LogP contribution in [0, 0.1) is 27.7 Å². The Morgan fingerprint density at radius 3 is 2.14 bits per heavy atom. The van der Waals surface area contributed by atoms with E-state index in [4.69, 9.17) is 9.72 Å². The Bertz CT molecular complexity index is 1010. The van der Waals surface area contributed by atoms with Gasteiger partial charge in [-0.2, -0.15) is 0 Å². The number of ether oxygens (including phenoxy) is 1. The lowest BCUT2D eigenvalue weighted by molar-refractivity contribution is 0.472. The van der Waals surface area contributed by atoms with Crippen LogP contribution in [-0.2, 0) is 5.41 Å². The standard InChI is InChI=1S/C24H27N3O/c1-14-8-21-23(26-12-14)27(19-13-25-17(4)11-20(19)28-21)22-15(2)9-18(10-16(22)3)24(5,6)7/h8-13H,1-7H3. The third-order valence-corrected chi connectivity index (χ3v) is 5.21. The van der Waals surface area contributed by atoms with Crippen molar-refractivity contribution in [2.45, 2.75) is 53.9 Å². The maximum absolute atomic E-state index is 6.20. The SMILES string of the molecule is Cc1cnc2c(c1)Oc1cc(C)ncc1N2c1c(C)cc(C(C)(C)C)cc1C. The van der Waals surface area contributed by atoms with Crippen LogP contribution in [0.25, 0.3) is 0 Å². The van der Waals surface area contributed by atoms with Gasteiger partial charge in [-0.25, -0.2) is 4.98 Å². The van der Waals surface area contributed by atoms with Crippen LogP contribution in [0.2, 0.25) is 0 Å². The normalized spacial score (nSPS) is 13.0. The molecule has 4 nitrogen and oxygen atoms in total. The van der Waals surface area contributed by atoms with Crippen molar-refractivity contribution in [1.82, 2.24) is 9.97 Å². The lowest BCUT2D eigenvalue weighted by Crippen LogP contribution is -2.20. The summed E-state index contributed by atoms with van der Waals surface area (Å²) >= 11 is 0. The number of aromatic nitrogens is 2. The van der Waals surface area contributed by atoms with Gasteiger partial charge in [0.1, 0.15) is 5.69 Å². The molecular weight excluding hydrogens is 346 g/mol. The molecule has 0 spiro atoms. The zero-order valence-corrected chi connectivity index (χ0v) is 17.7. The average molecular weight is 374 g/mol. The number of pyridine rings is 2. The predicted molar refractivity (Wildman–Crippen MR) is 114 cm³/mol. The summed E-state index contributed by atoms with van der Waals surface area (Å²) in [4.78, 5) is 11.4. The summed E-state index contributed by atoms with van der Waals surface area (Å²) in [5.41, 5.74) is 7.93. The number of hydrogen-bond donors (Lipinski definition) is 0. The van der Waals surface area contributed by atoms with Crippen molar-refractivity contribution in [3.8, 4) is 11.5 Å². The molecule has 0 atom stereocenters. The Morgan fingerprint density at radius 1 is 0.821 bits per heavy atom. The summed E-state index contributed by atoms with van der Waals surface area (Å²) in [6.07, 6.45) is 3.77. The molecule has 0 bridgehead atoms. The van der Waals surface area contributed by atoms with E-state index in [2.05, 4.69) is 56.6 Å². The highest BCUT2D eigenvalue weighted by Gasteiger charge is 2.30. The zero-order valence-electron chi connectivity index (χ0n) is 17.7. The van der Waals surface area contributed by atoms with E-state index in [1.54, 1.807) is 0 Å². The van der Waals surface area contributed by atoms with Gasteiger partial charge in [-0.15, -0.1) is 0 Å². The maximum Gasteiger partial charge on any atom is 0.181 e. The molecule has 1 aromatic carbocycles. The molecule has 144 valence electrons. The summed E-state index contributed by atoms with van der Waals surface area (Å²) in [5.74, 6) is 2.39. The van der Waals surface area contributed by atoms with Crippen LogP contribution in [0.1, 0.15) is 48.7 Å². The van der Waals surface area contributed by atoms with Crippen molar-refractivity contribution in [3.05, 3.63) is 64.6 Å². The average Bonchev–Trinajstić information content (AvgIpc) is 2.59. The van der Waals surface area contributed by atoms with Crippen LogP contribution in [0.4, 0.5) is 17.2 Å². The molecule has 4 heteroatoms. The number of hydrogen-bond acceptors (Lipinski definition) is 4. The first kappa shape index (κ1) is 18.5. The molecule has 0 unspecified atom stereocenters. The molecule has 0 N–H and O–H groups in total. The molecule has 0 saturated heterocycles. The van der Waals surface area contributed by atoms with Gasteiger partial charge in [0.2, 0.25) is 0 Å². The Kier molecular flexibility index (Phi) is 4.18. The van der Waals surface area contributed by atoms with Gasteiger partial charge in [-0.3, -0.25) is 9.88 Å². The van der Waals surface area contributed by atoms with Crippen molar-refractivity contribution in [3.63, 3.8) is 0 Å². The molecule has 0 aliphatic carbocycles. The number of fused-ring (bicyclic) bond motifs is 2. The topological polar surface area (TPSA) is 38.3 Å². The van der Waals surface area contributed by atoms with Crippen molar-refractivity contribution < 1.29 is 4.74 Å². The Balaban J connectivity index is 1.98. The minimum atomic E-state index is 0.100. The summed E-state index contributed by atoms with van der Waals surface area (Å²) in [5, 5.41) is 0. The third-order valence-electron chi connectivity index (χ3n) is 5.21. The summed E-state index contributed by atoms with van der Waals surface area (Å²) in [6, 6.07) is 8.60. The fourth-order valence-corrected chi connectivity index (χ4v) is 3.76. The highest BCUT2D eigenvalue weighted by atomic mass is 16.5. The molecule has 0 saturated carbocycles. The molecule has 1 aliphatic rings. The number of rotatable bonds is 1. The molecule has 4 rings (SSSR count). The van der Waals surface area contributed by atoms with Gasteiger partial charge in [-0.1, -0.05) is 32.9 Å². The first-order chi connectivity index (χ1) is 13.1. The van der Waals surface area contributed by atoms with Gasteiger partial charge in [-0.05, 0) is 61.4 Å². The van der Waals surface area contributed by atoms with Crippen LogP contribution >= 0.6 is 0 Å². The van der Waals surface area contributed by atoms with Crippen LogP contribution in [0.5, 0.6) is 11.5 Å². The van der Waals surface area contributed by atoms with E-state index < -0.39 is 0 Å². The lowest BCUT2D eigenvalue weighted by atomic mass is 9.84. The Morgan fingerprint density at radius 2 is 1.50 bits per heavy atom. The highest BCUT2D eigenvalue weighted by molar-refractivity contribution is 5.86. The van der Waals surface area contributed by atoms with Gasteiger partial charge in [0, 0.05) is 18.0 Å². The van der Waals surface area contributed by atoms with Crippen molar-refractivity contribution in [2.75, 3.05) is 4.90 Å². The molecule has 3 aromatic rings. The van der Waals surface area contributed by atoms with E-state index in [0.29, 0.717) is 0 Å². The number of anilines is 3. The van der Waals surface area contributed by atoms with Gasteiger partial charge >= 0.3 is 0 Å². The fraction of sp³-hybridized carbons (Fsp3) is 0.333. The van der Waals surface area contributed by atoms with Crippen LogP contribution in [0.3, 0.4) is 0 Å². The Labute approximate surface area is 167 Å². The molecule has 0 radical (unpaired) electrons. The highest BCUT2D eigenvalue weighted by Crippen LogP contribution is 2.51. The van der Waals surface area contributed by atoms with E-state index >= 15 is 0 Å². The number of aryl methyl sites for hydroxylation is 4. The van der Waals surface area contributed by atoms with Gasteiger partial charge < -0.3 is 4.74 Å². The van der Waals surface area contributed by atoms with Gasteiger partial charge in [0.15, 0.2) is 17.3 Å². The molecule has 28 heavy (non-hydrogen) atoms. The second-order valence-electron chi connectivity index (χ2n) is 8.77.